The topological polar surface area (TPSA) is 79.5 Å². The number of carbonyl (C=O) groups is 2. The molecule has 1 atom stereocenters. The SMILES string of the molecule is CC(=O)Nc1ccc(CCNC(=O)C2COCCN2)cc1.Cl. The average Bonchev–Trinajstić information content (AvgIpc) is 2.49. The van der Waals surface area contributed by atoms with Gasteiger partial charge in [-0.15, -0.1) is 12.4 Å². The van der Waals surface area contributed by atoms with Crippen LogP contribution >= 0.6 is 12.4 Å². The van der Waals surface area contributed by atoms with Crippen LogP contribution in [0.2, 0.25) is 0 Å². The van der Waals surface area contributed by atoms with E-state index in [4.69, 9.17) is 4.74 Å². The summed E-state index contributed by atoms with van der Waals surface area (Å²) in [6, 6.07) is 7.35. The molecule has 0 saturated carbocycles. The highest BCUT2D eigenvalue weighted by Gasteiger charge is 2.20. The largest absolute Gasteiger partial charge is 0.378 e. The molecule has 1 aliphatic heterocycles. The second-order valence-corrected chi connectivity index (χ2v) is 5.00. The minimum Gasteiger partial charge on any atom is -0.378 e. The molecule has 1 aromatic rings. The van der Waals surface area contributed by atoms with Gasteiger partial charge in [-0.2, -0.15) is 0 Å². The van der Waals surface area contributed by atoms with Crippen molar-refractivity contribution in [2.45, 2.75) is 19.4 Å². The fourth-order valence-corrected chi connectivity index (χ4v) is 2.15. The molecule has 0 spiro atoms. The molecular formula is C15H22ClN3O3. The molecule has 0 bridgehead atoms. The van der Waals surface area contributed by atoms with Crippen molar-refractivity contribution < 1.29 is 14.3 Å². The van der Waals surface area contributed by atoms with Crippen LogP contribution in [0.5, 0.6) is 0 Å². The van der Waals surface area contributed by atoms with Gasteiger partial charge in [-0.3, -0.25) is 9.59 Å². The molecule has 6 nitrogen and oxygen atoms in total. The van der Waals surface area contributed by atoms with Gasteiger partial charge in [-0.05, 0) is 24.1 Å². The van der Waals surface area contributed by atoms with E-state index in [-0.39, 0.29) is 30.3 Å². The van der Waals surface area contributed by atoms with Crippen LogP contribution in [0.4, 0.5) is 5.69 Å². The Bertz CT molecular complexity index is 487. The highest BCUT2D eigenvalue weighted by Crippen LogP contribution is 2.09. The Balaban J connectivity index is 0.00000242. The summed E-state index contributed by atoms with van der Waals surface area (Å²) in [5.74, 6) is -0.109. The molecular weight excluding hydrogens is 306 g/mol. The highest BCUT2D eigenvalue weighted by atomic mass is 35.5. The lowest BCUT2D eigenvalue weighted by Crippen LogP contribution is -2.51. The summed E-state index contributed by atoms with van der Waals surface area (Å²) in [6.45, 7) is 3.85. The van der Waals surface area contributed by atoms with Gasteiger partial charge in [0.05, 0.1) is 13.2 Å². The van der Waals surface area contributed by atoms with E-state index >= 15 is 0 Å². The van der Waals surface area contributed by atoms with Gasteiger partial charge in [-0.25, -0.2) is 0 Å². The number of hydrogen-bond acceptors (Lipinski definition) is 4. The minimum atomic E-state index is -0.249. The van der Waals surface area contributed by atoms with Crippen LogP contribution in [0, 0.1) is 0 Å². The van der Waals surface area contributed by atoms with Gasteiger partial charge in [0.2, 0.25) is 11.8 Å². The van der Waals surface area contributed by atoms with Gasteiger partial charge in [0.1, 0.15) is 6.04 Å². The molecule has 1 aliphatic rings. The van der Waals surface area contributed by atoms with Gasteiger partial charge in [0, 0.05) is 25.7 Å². The van der Waals surface area contributed by atoms with Crippen molar-refractivity contribution in [3.63, 3.8) is 0 Å². The van der Waals surface area contributed by atoms with Crippen LogP contribution in [0.15, 0.2) is 24.3 Å². The zero-order valence-corrected chi connectivity index (χ0v) is 13.4. The third-order valence-corrected chi connectivity index (χ3v) is 3.23. The van der Waals surface area contributed by atoms with Gasteiger partial charge < -0.3 is 20.7 Å². The van der Waals surface area contributed by atoms with E-state index in [1.807, 2.05) is 24.3 Å². The standard InChI is InChI=1S/C15H21N3O3.ClH/c1-11(19)18-13-4-2-12(3-5-13)6-7-17-15(20)14-10-21-9-8-16-14;/h2-5,14,16H,6-10H2,1H3,(H,17,20)(H,18,19);1H. The number of carbonyl (C=O) groups excluding carboxylic acids is 2. The first-order valence-corrected chi connectivity index (χ1v) is 7.10. The molecule has 0 aromatic heterocycles. The molecule has 0 radical (unpaired) electrons. The predicted octanol–water partition coefficient (Wildman–Crippen LogP) is 0.714. The van der Waals surface area contributed by atoms with Crippen molar-refractivity contribution in [3.8, 4) is 0 Å². The number of halogens is 1. The summed E-state index contributed by atoms with van der Waals surface area (Å²) < 4.78 is 5.25. The second-order valence-electron chi connectivity index (χ2n) is 5.00. The Morgan fingerprint density at radius 1 is 1.32 bits per heavy atom. The Morgan fingerprint density at radius 3 is 2.64 bits per heavy atom. The first-order valence-electron chi connectivity index (χ1n) is 7.10. The summed E-state index contributed by atoms with van der Waals surface area (Å²) in [7, 11) is 0. The lowest BCUT2D eigenvalue weighted by Gasteiger charge is -2.22. The molecule has 1 fully saturated rings. The van der Waals surface area contributed by atoms with Crippen molar-refractivity contribution >= 4 is 29.9 Å². The maximum Gasteiger partial charge on any atom is 0.239 e. The molecule has 1 aromatic carbocycles. The number of nitrogens with one attached hydrogen (secondary N) is 3. The summed E-state index contributed by atoms with van der Waals surface area (Å²) in [6.07, 6.45) is 0.750. The highest BCUT2D eigenvalue weighted by molar-refractivity contribution is 5.88. The van der Waals surface area contributed by atoms with Crippen LogP contribution < -0.4 is 16.0 Å². The number of rotatable bonds is 5. The monoisotopic (exact) mass is 327 g/mol. The third-order valence-electron chi connectivity index (χ3n) is 3.23. The zero-order chi connectivity index (χ0) is 15.1. The Kier molecular flexibility index (Phi) is 7.87. The van der Waals surface area contributed by atoms with Crippen LogP contribution in [-0.4, -0.2) is 44.2 Å². The molecule has 2 amide bonds. The number of amides is 2. The van der Waals surface area contributed by atoms with Crippen molar-refractivity contribution in [2.24, 2.45) is 0 Å². The molecule has 1 unspecified atom stereocenters. The van der Waals surface area contributed by atoms with E-state index in [9.17, 15) is 9.59 Å². The van der Waals surface area contributed by atoms with E-state index in [0.717, 1.165) is 17.7 Å². The summed E-state index contributed by atoms with van der Waals surface area (Å²) in [4.78, 5) is 22.8. The summed E-state index contributed by atoms with van der Waals surface area (Å²) in [5.41, 5.74) is 1.89. The number of morpholine rings is 1. The Hall–Kier alpha value is -1.63. The first-order chi connectivity index (χ1) is 10.1. The van der Waals surface area contributed by atoms with E-state index < -0.39 is 0 Å². The van der Waals surface area contributed by atoms with Gasteiger partial charge in [0.25, 0.3) is 0 Å². The average molecular weight is 328 g/mol. The first kappa shape index (κ1) is 18.4. The van der Waals surface area contributed by atoms with Gasteiger partial charge in [0.15, 0.2) is 0 Å². The van der Waals surface area contributed by atoms with Crippen molar-refractivity contribution in [3.05, 3.63) is 29.8 Å². The fraction of sp³-hybridized carbons (Fsp3) is 0.467. The smallest absolute Gasteiger partial charge is 0.239 e. The minimum absolute atomic E-state index is 0. The van der Waals surface area contributed by atoms with E-state index in [1.54, 1.807) is 0 Å². The number of anilines is 1. The quantitative estimate of drug-likeness (QED) is 0.744. The molecule has 1 saturated heterocycles. The fourth-order valence-electron chi connectivity index (χ4n) is 2.15. The zero-order valence-electron chi connectivity index (χ0n) is 12.6. The van der Waals surface area contributed by atoms with E-state index in [2.05, 4.69) is 16.0 Å². The van der Waals surface area contributed by atoms with Crippen LogP contribution in [0.1, 0.15) is 12.5 Å². The maximum absolute atomic E-state index is 11.9. The molecule has 3 N–H and O–H groups in total. The number of ether oxygens (including phenoxy) is 1. The van der Waals surface area contributed by atoms with Gasteiger partial charge in [-0.1, -0.05) is 12.1 Å². The molecule has 0 aliphatic carbocycles. The maximum atomic E-state index is 11.9. The molecule has 1 heterocycles. The van der Waals surface area contributed by atoms with Crippen molar-refractivity contribution in [2.75, 3.05) is 31.6 Å². The van der Waals surface area contributed by atoms with Crippen molar-refractivity contribution in [1.82, 2.24) is 10.6 Å². The summed E-state index contributed by atoms with van der Waals surface area (Å²) >= 11 is 0. The van der Waals surface area contributed by atoms with Crippen LogP contribution in [0.3, 0.4) is 0 Å². The lowest BCUT2D eigenvalue weighted by molar-refractivity contribution is -0.125. The Labute approximate surface area is 136 Å². The van der Waals surface area contributed by atoms with E-state index in [1.165, 1.54) is 6.92 Å². The number of hydrogen-bond donors (Lipinski definition) is 3. The van der Waals surface area contributed by atoms with Gasteiger partial charge >= 0.3 is 0 Å². The third kappa shape index (κ3) is 6.01. The van der Waals surface area contributed by atoms with E-state index in [0.29, 0.717) is 26.3 Å². The lowest BCUT2D eigenvalue weighted by atomic mass is 10.1. The van der Waals surface area contributed by atoms with Crippen molar-refractivity contribution in [1.29, 1.82) is 0 Å². The number of benzene rings is 1. The molecule has 122 valence electrons. The molecule has 7 heteroatoms. The second kappa shape index (κ2) is 9.40. The summed E-state index contributed by atoms with van der Waals surface area (Å²) in [5, 5.41) is 8.73. The molecule has 2 rings (SSSR count). The van der Waals surface area contributed by atoms with Crippen LogP contribution in [-0.2, 0) is 20.7 Å². The Morgan fingerprint density at radius 2 is 2.05 bits per heavy atom. The normalized spacial score (nSPS) is 17.2. The molecule has 22 heavy (non-hydrogen) atoms. The predicted molar refractivity (Wildman–Crippen MR) is 87.3 cm³/mol. The van der Waals surface area contributed by atoms with Crippen LogP contribution in [0.25, 0.3) is 0 Å².